The lowest BCUT2D eigenvalue weighted by molar-refractivity contribution is 0.502. The van der Waals surface area contributed by atoms with Gasteiger partial charge >= 0.3 is 0 Å². The number of nitrogens with two attached hydrogens (primary N) is 1. The highest BCUT2D eigenvalue weighted by atomic mass is 15.3. The highest BCUT2D eigenvalue weighted by Crippen LogP contribution is 2.14. The van der Waals surface area contributed by atoms with Crippen molar-refractivity contribution in [2.75, 3.05) is 6.54 Å². The Morgan fingerprint density at radius 2 is 2.13 bits per heavy atom. The van der Waals surface area contributed by atoms with E-state index in [1.54, 1.807) is 0 Å². The molecular formula is C12H23N3. The maximum atomic E-state index is 5.51. The van der Waals surface area contributed by atoms with Crippen molar-refractivity contribution < 1.29 is 0 Å². The highest BCUT2D eigenvalue weighted by Gasteiger charge is 2.09. The van der Waals surface area contributed by atoms with Crippen LogP contribution in [0.5, 0.6) is 0 Å². The molecule has 0 fully saturated rings. The van der Waals surface area contributed by atoms with Gasteiger partial charge in [-0.25, -0.2) is 0 Å². The first-order valence-electron chi connectivity index (χ1n) is 5.96. The Morgan fingerprint density at radius 3 is 2.67 bits per heavy atom. The normalized spacial score (nSPS) is 11.3. The fraction of sp³-hybridized carbons (Fsp3) is 0.750. The Morgan fingerprint density at radius 1 is 1.40 bits per heavy atom. The smallest absolute Gasteiger partial charge is 0.0628 e. The Hall–Kier alpha value is -0.830. The summed E-state index contributed by atoms with van der Waals surface area (Å²) in [5.41, 5.74) is 8.06. The molecule has 1 heterocycles. The molecule has 86 valence electrons. The third-order valence-corrected chi connectivity index (χ3v) is 2.50. The van der Waals surface area contributed by atoms with Crippen LogP contribution in [0.3, 0.4) is 0 Å². The van der Waals surface area contributed by atoms with Crippen LogP contribution in [0.2, 0.25) is 0 Å². The lowest BCUT2D eigenvalue weighted by Gasteiger charge is -2.09. The molecule has 0 aliphatic heterocycles. The van der Waals surface area contributed by atoms with Crippen molar-refractivity contribution in [3.05, 3.63) is 17.5 Å². The van der Waals surface area contributed by atoms with Crippen LogP contribution in [0, 0.1) is 0 Å². The summed E-state index contributed by atoms with van der Waals surface area (Å²) >= 11 is 0. The van der Waals surface area contributed by atoms with Crippen molar-refractivity contribution in [3.8, 4) is 0 Å². The van der Waals surface area contributed by atoms with Crippen LogP contribution in [-0.4, -0.2) is 16.3 Å². The second-order valence-corrected chi connectivity index (χ2v) is 4.31. The molecular weight excluding hydrogens is 186 g/mol. The summed E-state index contributed by atoms with van der Waals surface area (Å²) < 4.78 is 2.15. The van der Waals surface area contributed by atoms with E-state index in [-0.39, 0.29) is 0 Å². The molecule has 1 aromatic heterocycles. The standard InChI is InChI=1S/C12H23N3/c1-4-6-12-9-11(7-5-8-13)14-15(12)10(2)3/h9-10H,4-8,13H2,1-3H3. The van der Waals surface area contributed by atoms with Gasteiger partial charge in [-0.15, -0.1) is 0 Å². The summed E-state index contributed by atoms with van der Waals surface area (Å²) in [5.74, 6) is 0. The van der Waals surface area contributed by atoms with Gasteiger partial charge in [0.05, 0.1) is 5.69 Å². The van der Waals surface area contributed by atoms with E-state index < -0.39 is 0 Å². The van der Waals surface area contributed by atoms with Crippen molar-refractivity contribution in [3.63, 3.8) is 0 Å². The fourth-order valence-corrected chi connectivity index (χ4v) is 1.79. The number of hydrogen-bond donors (Lipinski definition) is 1. The molecule has 0 saturated heterocycles. The molecule has 2 N–H and O–H groups in total. The van der Waals surface area contributed by atoms with Gasteiger partial charge in [-0.3, -0.25) is 4.68 Å². The largest absolute Gasteiger partial charge is 0.330 e. The van der Waals surface area contributed by atoms with E-state index >= 15 is 0 Å². The highest BCUT2D eigenvalue weighted by molar-refractivity contribution is 5.11. The number of nitrogens with zero attached hydrogens (tertiary/aromatic N) is 2. The third-order valence-electron chi connectivity index (χ3n) is 2.50. The summed E-state index contributed by atoms with van der Waals surface area (Å²) in [7, 11) is 0. The lowest BCUT2D eigenvalue weighted by Crippen LogP contribution is -2.07. The topological polar surface area (TPSA) is 43.8 Å². The minimum Gasteiger partial charge on any atom is -0.330 e. The van der Waals surface area contributed by atoms with Gasteiger partial charge in [-0.2, -0.15) is 5.10 Å². The van der Waals surface area contributed by atoms with E-state index in [1.807, 2.05) is 0 Å². The zero-order valence-corrected chi connectivity index (χ0v) is 10.2. The molecule has 0 saturated carbocycles. The Balaban J connectivity index is 2.78. The van der Waals surface area contributed by atoms with Crippen molar-refractivity contribution >= 4 is 0 Å². The van der Waals surface area contributed by atoms with E-state index in [1.165, 1.54) is 17.8 Å². The van der Waals surface area contributed by atoms with E-state index in [9.17, 15) is 0 Å². The van der Waals surface area contributed by atoms with E-state index in [4.69, 9.17) is 5.73 Å². The van der Waals surface area contributed by atoms with Gasteiger partial charge in [0, 0.05) is 11.7 Å². The molecule has 0 bridgehead atoms. The van der Waals surface area contributed by atoms with Crippen LogP contribution >= 0.6 is 0 Å². The summed E-state index contributed by atoms with van der Waals surface area (Å²) in [4.78, 5) is 0. The van der Waals surface area contributed by atoms with Gasteiger partial charge in [0.2, 0.25) is 0 Å². The van der Waals surface area contributed by atoms with Crippen LogP contribution in [0.25, 0.3) is 0 Å². The average Bonchev–Trinajstić information content (AvgIpc) is 2.59. The molecule has 0 aliphatic rings. The van der Waals surface area contributed by atoms with E-state index in [0.717, 1.165) is 25.8 Å². The van der Waals surface area contributed by atoms with Crippen LogP contribution in [0.1, 0.15) is 51.0 Å². The summed E-state index contributed by atoms with van der Waals surface area (Å²) in [6, 6.07) is 2.69. The molecule has 0 aromatic carbocycles. The molecule has 0 spiro atoms. The average molecular weight is 209 g/mol. The monoisotopic (exact) mass is 209 g/mol. The third kappa shape index (κ3) is 3.34. The van der Waals surface area contributed by atoms with Crippen molar-refractivity contribution in [2.24, 2.45) is 5.73 Å². The van der Waals surface area contributed by atoms with Crippen molar-refractivity contribution in [1.82, 2.24) is 9.78 Å². The molecule has 0 radical (unpaired) electrons. The fourth-order valence-electron chi connectivity index (χ4n) is 1.79. The molecule has 0 amide bonds. The summed E-state index contributed by atoms with van der Waals surface area (Å²) in [6.07, 6.45) is 4.33. The maximum absolute atomic E-state index is 5.51. The minimum absolute atomic E-state index is 0.457. The molecule has 0 aliphatic carbocycles. The first-order valence-corrected chi connectivity index (χ1v) is 5.96. The van der Waals surface area contributed by atoms with Crippen LogP contribution in [-0.2, 0) is 12.8 Å². The van der Waals surface area contributed by atoms with Crippen molar-refractivity contribution in [2.45, 2.75) is 52.5 Å². The number of hydrogen-bond acceptors (Lipinski definition) is 2. The van der Waals surface area contributed by atoms with Gasteiger partial charge in [0.25, 0.3) is 0 Å². The summed E-state index contributed by atoms with van der Waals surface area (Å²) in [6.45, 7) is 7.31. The predicted octanol–water partition coefficient (Wildman–Crippen LogP) is 2.31. The van der Waals surface area contributed by atoms with Gasteiger partial charge in [0.1, 0.15) is 0 Å². The SMILES string of the molecule is CCCc1cc(CCCN)nn1C(C)C. The molecule has 0 atom stereocenters. The van der Waals surface area contributed by atoms with E-state index in [0.29, 0.717) is 6.04 Å². The molecule has 15 heavy (non-hydrogen) atoms. The van der Waals surface area contributed by atoms with Gasteiger partial charge in [-0.05, 0) is 45.7 Å². The summed E-state index contributed by atoms with van der Waals surface area (Å²) in [5, 5.41) is 4.63. The predicted molar refractivity (Wildman–Crippen MR) is 64.0 cm³/mol. The Labute approximate surface area is 92.7 Å². The maximum Gasteiger partial charge on any atom is 0.0628 e. The Kier molecular flexibility index (Phi) is 4.82. The first kappa shape index (κ1) is 12.2. The molecule has 3 heteroatoms. The second-order valence-electron chi connectivity index (χ2n) is 4.31. The second kappa shape index (κ2) is 5.91. The van der Waals surface area contributed by atoms with Gasteiger partial charge in [0.15, 0.2) is 0 Å². The first-order chi connectivity index (χ1) is 7.19. The lowest BCUT2D eigenvalue weighted by atomic mass is 10.2. The van der Waals surface area contributed by atoms with Crippen LogP contribution in [0.4, 0.5) is 0 Å². The van der Waals surface area contributed by atoms with E-state index in [2.05, 4.69) is 36.6 Å². The van der Waals surface area contributed by atoms with Crippen molar-refractivity contribution in [1.29, 1.82) is 0 Å². The van der Waals surface area contributed by atoms with Gasteiger partial charge in [-0.1, -0.05) is 13.3 Å². The zero-order chi connectivity index (χ0) is 11.3. The number of aromatic nitrogens is 2. The van der Waals surface area contributed by atoms with Gasteiger partial charge < -0.3 is 5.73 Å². The molecule has 3 nitrogen and oxygen atoms in total. The zero-order valence-electron chi connectivity index (χ0n) is 10.2. The van der Waals surface area contributed by atoms with Crippen LogP contribution < -0.4 is 5.73 Å². The molecule has 1 aromatic rings. The number of rotatable bonds is 6. The Bertz CT molecular complexity index is 289. The van der Waals surface area contributed by atoms with Crippen LogP contribution in [0.15, 0.2) is 6.07 Å². The number of aryl methyl sites for hydroxylation is 2. The molecule has 1 rings (SSSR count). The quantitative estimate of drug-likeness (QED) is 0.781. The minimum atomic E-state index is 0.457. The molecule has 0 unspecified atom stereocenters.